The fourth-order valence-electron chi connectivity index (χ4n) is 3.32. The fraction of sp³-hybridized carbons (Fsp3) is 0.400. The number of rotatable bonds is 3. The van der Waals surface area contributed by atoms with Gasteiger partial charge in [-0.05, 0) is 51.1 Å². The van der Waals surface area contributed by atoms with Crippen LogP contribution in [0.15, 0.2) is 30.5 Å². The van der Waals surface area contributed by atoms with Gasteiger partial charge in [-0.25, -0.2) is 0 Å². The molecule has 1 amide bonds. The van der Waals surface area contributed by atoms with E-state index in [1.54, 1.807) is 6.20 Å². The number of piperazine rings is 1. The third-order valence-corrected chi connectivity index (χ3v) is 4.72. The third kappa shape index (κ3) is 3.99. The first-order chi connectivity index (χ1) is 11.9. The second kappa shape index (κ2) is 7.23. The van der Waals surface area contributed by atoms with E-state index in [1.807, 2.05) is 17.0 Å². The van der Waals surface area contributed by atoms with Crippen LogP contribution in [0, 0.1) is 20.8 Å². The first-order valence-electron chi connectivity index (χ1n) is 8.73. The van der Waals surface area contributed by atoms with Gasteiger partial charge in [-0.3, -0.25) is 9.78 Å². The second-order valence-corrected chi connectivity index (χ2v) is 6.92. The third-order valence-electron chi connectivity index (χ3n) is 4.72. The van der Waals surface area contributed by atoms with Crippen molar-refractivity contribution in [3.8, 4) is 0 Å². The number of likely N-dealkylation sites (N-methyl/N-ethyl adjacent to an activating group) is 1. The normalized spacial score (nSPS) is 15.3. The number of aromatic nitrogens is 1. The van der Waals surface area contributed by atoms with E-state index >= 15 is 0 Å². The van der Waals surface area contributed by atoms with Crippen LogP contribution in [0.2, 0.25) is 0 Å². The largest absolute Gasteiger partial charge is 0.355 e. The Morgan fingerprint density at radius 1 is 1.04 bits per heavy atom. The minimum atomic E-state index is 0.00843. The first-order valence-corrected chi connectivity index (χ1v) is 8.73. The lowest BCUT2D eigenvalue weighted by Gasteiger charge is -2.32. The minimum absolute atomic E-state index is 0.00843. The number of carbonyl (C=O) groups is 1. The SMILES string of the molecule is Cc1cc(C)c(Nc2ccnc(C(=O)N3CCN(C)CC3)c2)c(C)c1. The van der Waals surface area contributed by atoms with Crippen molar-refractivity contribution in [3.05, 3.63) is 52.8 Å². The van der Waals surface area contributed by atoms with E-state index in [0.717, 1.165) is 37.6 Å². The van der Waals surface area contributed by atoms with Crippen molar-refractivity contribution < 1.29 is 4.79 Å². The summed E-state index contributed by atoms with van der Waals surface area (Å²) in [5.74, 6) is 0.00843. The number of anilines is 2. The predicted molar refractivity (Wildman–Crippen MR) is 102 cm³/mol. The number of nitrogens with one attached hydrogen (secondary N) is 1. The van der Waals surface area contributed by atoms with Crippen molar-refractivity contribution in [1.29, 1.82) is 0 Å². The van der Waals surface area contributed by atoms with E-state index in [1.165, 1.54) is 16.7 Å². The lowest BCUT2D eigenvalue weighted by Crippen LogP contribution is -2.47. The lowest BCUT2D eigenvalue weighted by atomic mass is 10.0. The average molecular weight is 338 g/mol. The predicted octanol–water partition coefficient (Wildman–Crippen LogP) is 3.14. The Labute approximate surface area is 149 Å². The molecular formula is C20H26N4O. The quantitative estimate of drug-likeness (QED) is 0.934. The van der Waals surface area contributed by atoms with Crippen LogP contribution in [-0.2, 0) is 0 Å². The minimum Gasteiger partial charge on any atom is -0.355 e. The summed E-state index contributed by atoms with van der Waals surface area (Å²) in [6, 6.07) is 8.07. The molecule has 25 heavy (non-hydrogen) atoms. The summed E-state index contributed by atoms with van der Waals surface area (Å²) in [6.45, 7) is 9.62. The summed E-state index contributed by atoms with van der Waals surface area (Å²) in [5, 5.41) is 3.45. The monoisotopic (exact) mass is 338 g/mol. The second-order valence-electron chi connectivity index (χ2n) is 6.92. The molecule has 5 heteroatoms. The number of pyridine rings is 1. The van der Waals surface area contributed by atoms with Crippen LogP contribution in [0.5, 0.6) is 0 Å². The van der Waals surface area contributed by atoms with Gasteiger partial charge in [-0.1, -0.05) is 17.7 Å². The number of carbonyl (C=O) groups excluding carboxylic acids is 1. The number of nitrogens with zero attached hydrogens (tertiary/aromatic N) is 3. The van der Waals surface area contributed by atoms with E-state index in [0.29, 0.717) is 5.69 Å². The van der Waals surface area contributed by atoms with Crippen LogP contribution in [0.1, 0.15) is 27.2 Å². The Bertz CT molecular complexity index is 756. The van der Waals surface area contributed by atoms with Gasteiger partial charge < -0.3 is 15.1 Å². The average Bonchev–Trinajstić information content (AvgIpc) is 2.58. The molecule has 0 atom stereocenters. The Morgan fingerprint density at radius 2 is 1.68 bits per heavy atom. The zero-order valence-electron chi connectivity index (χ0n) is 15.5. The molecule has 3 rings (SSSR count). The number of hydrogen-bond acceptors (Lipinski definition) is 4. The highest BCUT2D eigenvalue weighted by Crippen LogP contribution is 2.26. The zero-order chi connectivity index (χ0) is 18.0. The Kier molecular flexibility index (Phi) is 5.04. The highest BCUT2D eigenvalue weighted by Gasteiger charge is 2.21. The molecule has 0 radical (unpaired) electrons. The van der Waals surface area contributed by atoms with Gasteiger partial charge in [0.15, 0.2) is 0 Å². The van der Waals surface area contributed by atoms with Crippen molar-refractivity contribution in [2.24, 2.45) is 0 Å². The van der Waals surface area contributed by atoms with Crippen molar-refractivity contribution >= 4 is 17.3 Å². The Balaban J connectivity index is 1.79. The molecule has 0 unspecified atom stereocenters. The maximum Gasteiger partial charge on any atom is 0.272 e. The van der Waals surface area contributed by atoms with Crippen LogP contribution in [0.3, 0.4) is 0 Å². The molecule has 2 aromatic rings. The van der Waals surface area contributed by atoms with Gasteiger partial charge in [0, 0.05) is 43.8 Å². The van der Waals surface area contributed by atoms with E-state index in [4.69, 9.17) is 0 Å². The maximum absolute atomic E-state index is 12.7. The molecule has 132 valence electrons. The van der Waals surface area contributed by atoms with Gasteiger partial charge in [0.1, 0.15) is 5.69 Å². The summed E-state index contributed by atoms with van der Waals surface area (Å²) in [5.41, 5.74) is 6.12. The van der Waals surface area contributed by atoms with Crippen LogP contribution < -0.4 is 5.32 Å². The lowest BCUT2D eigenvalue weighted by molar-refractivity contribution is 0.0658. The molecule has 0 bridgehead atoms. The summed E-state index contributed by atoms with van der Waals surface area (Å²) in [4.78, 5) is 21.1. The van der Waals surface area contributed by atoms with Gasteiger partial charge in [-0.2, -0.15) is 0 Å². The standard InChI is InChI=1S/C20H26N4O/c1-14-11-15(2)19(16(3)12-14)22-17-5-6-21-18(13-17)20(25)24-9-7-23(4)8-10-24/h5-6,11-13H,7-10H2,1-4H3,(H,21,22). The Morgan fingerprint density at radius 3 is 2.32 bits per heavy atom. The molecule has 0 saturated carbocycles. The molecule has 5 nitrogen and oxygen atoms in total. The molecule has 2 heterocycles. The van der Waals surface area contributed by atoms with E-state index in [9.17, 15) is 4.79 Å². The van der Waals surface area contributed by atoms with Crippen molar-refractivity contribution in [1.82, 2.24) is 14.8 Å². The van der Waals surface area contributed by atoms with Gasteiger partial charge in [0.05, 0.1) is 0 Å². The number of hydrogen-bond donors (Lipinski definition) is 1. The molecule has 0 aliphatic carbocycles. The summed E-state index contributed by atoms with van der Waals surface area (Å²) in [7, 11) is 2.08. The zero-order valence-corrected chi connectivity index (χ0v) is 15.5. The maximum atomic E-state index is 12.7. The molecule has 0 spiro atoms. The van der Waals surface area contributed by atoms with Crippen LogP contribution in [0.4, 0.5) is 11.4 Å². The van der Waals surface area contributed by atoms with Crippen molar-refractivity contribution in [3.63, 3.8) is 0 Å². The number of aryl methyl sites for hydroxylation is 3. The number of benzene rings is 1. The van der Waals surface area contributed by atoms with Gasteiger partial charge in [-0.15, -0.1) is 0 Å². The Hall–Kier alpha value is -2.40. The summed E-state index contributed by atoms with van der Waals surface area (Å²) < 4.78 is 0. The van der Waals surface area contributed by atoms with Crippen LogP contribution in [0.25, 0.3) is 0 Å². The molecule has 1 saturated heterocycles. The van der Waals surface area contributed by atoms with Gasteiger partial charge in [0.25, 0.3) is 5.91 Å². The van der Waals surface area contributed by atoms with E-state index in [-0.39, 0.29) is 5.91 Å². The smallest absolute Gasteiger partial charge is 0.272 e. The van der Waals surface area contributed by atoms with E-state index < -0.39 is 0 Å². The van der Waals surface area contributed by atoms with Crippen LogP contribution >= 0.6 is 0 Å². The molecule has 1 aliphatic rings. The molecule has 1 aromatic carbocycles. The highest BCUT2D eigenvalue weighted by molar-refractivity contribution is 5.93. The molecule has 1 aromatic heterocycles. The molecule has 1 fully saturated rings. The first kappa shape index (κ1) is 17.4. The van der Waals surface area contributed by atoms with Crippen molar-refractivity contribution in [2.75, 3.05) is 38.5 Å². The fourth-order valence-corrected chi connectivity index (χ4v) is 3.32. The molecule has 1 N–H and O–H groups in total. The van der Waals surface area contributed by atoms with Gasteiger partial charge in [0.2, 0.25) is 0 Å². The molecular weight excluding hydrogens is 312 g/mol. The van der Waals surface area contributed by atoms with E-state index in [2.05, 4.69) is 55.2 Å². The van der Waals surface area contributed by atoms with Crippen molar-refractivity contribution in [2.45, 2.75) is 20.8 Å². The summed E-state index contributed by atoms with van der Waals surface area (Å²) >= 11 is 0. The molecule has 1 aliphatic heterocycles. The summed E-state index contributed by atoms with van der Waals surface area (Å²) in [6.07, 6.45) is 1.70. The number of amides is 1. The highest BCUT2D eigenvalue weighted by atomic mass is 16.2. The van der Waals surface area contributed by atoms with Crippen LogP contribution in [-0.4, -0.2) is 53.9 Å². The topological polar surface area (TPSA) is 48.5 Å². The van der Waals surface area contributed by atoms with Gasteiger partial charge >= 0.3 is 0 Å².